The molecular weight excluding hydrogens is 436 g/mol. The number of ether oxygens (including phenoxy) is 1. The molecule has 0 bridgehead atoms. The molecule has 5 aromatic rings. The van der Waals surface area contributed by atoms with Gasteiger partial charge in [-0.2, -0.15) is 0 Å². The Balaban J connectivity index is 1.57. The van der Waals surface area contributed by atoms with Gasteiger partial charge in [0.15, 0.2) is 20.1 Å². The van der Waals surface area contributed by atoms with E-state index in [1.54, 1.807) is 0 Å². The number of aryl methyl sites for hydroxylation is 2. The van der Waals surface area contributed by atoms with Crippen LogP contribution < -0.4 is 4.74 Å². The van der Waals surface area contributed by atoms with Gasteiger partial charge in [-0.1, -0.05) is 37.6 Å². The standard InChI is InChI=1S/C31H29O2S/c1-4-5-18-33-25-15-12-23(13-16-25)31(32)24-14-17-29-27(20-24)26-8-6-7-9-28(26)34(29)30-19-21(2)10-11-22(30)3/h6-17,19-20H,4-5,18H2,1-3H3/q+1. The first-order valence-corrected chi connectivity index (χ1v) is 13.1. The molecule has 0 fully saturated rings. The van der Waals surface area contributed by atoms with Gasteiger partial charge in [0.25, 0.3) is 0 Å². The third kappa shape index (κ3) is 4.12. The van der Waals surface area contributed by atoms with Gasteiger partial charge in [-0.25, -0.2) is 0 Å². The number of unbranched alkanes of at least 4 members (excludes halogenated alkanes) is 1. The fraction of sp³-hybridized carbons (Fsp3) is 0.194. The Morgan fingerprint density at radius 3 is 2.32 bits per heavy atom. The molecule has 0 radical (unpaired) electrons. The normalized spacial score (nSPS) is 11.8. The zero-order valence-electron chi connectivity index (χ0n) is 19.9. The second-order valence-electron chi connectivity index (χ2n) is 8.84. The van der Waals surface area contributed by atoms with Crippen molar-refractivity contribution in [1.29, 1.82) is 0 Å². The van der Waals surface area contributed by atoms with E-state index in [0.717, 1.165) is 24.2 Å². The van der Waals surface area contributed by atoms with Crippen LogP contribution in [-0.4, -0.2) is 12.4 Å². The van der Waals surface area contributed by atoms with E-state index in [9.17, 15) is 4.79 Å². The zero-order chi connectivity index (χ0) is 23.7. The molecule has 2 nitrogen and oxygen atoms in total. The lowest BCUT2D eigenvalue weighted by Gasteiger charge is -2.06. The van der Waals surface area contributed by atoms with Crippen LogP contribution >= 0.6 is 10.5 Å². The number of thiophene rings is 1. The summed E-state index contributed by atoms with van der Waals surface area (Å²) in [7, 11) is -0.164. The minimum absolute atomic E-state index is 0.0407. The number of carbonyl (C=O) groups is 1. The molecule has 4 aromatic carbocycles. The maximum Gasteiger partial charge on any atom is 0.193 e. The average Bonchev–Trinajstić information content (AvgIpc) is 3.19. The quantitative estimate of drug-likeness (QED) is 0.136. The summed E-state index contributed by atoms with van der Waals surface area (Å²) in [5.74, 6) is 0.851. The first-order valence-electron chi connectivity index (χ1n) is 11.9. The molecule has 3 heteroatoms. The van der Waals surface area contributed by atoms with Gasteiger partial charge in [0, 0.05) is 44.0 Å². The number of benzene rings is 4. The van der Waals surface area contributed by atoms with Crippen molar-refractivity contribution in [3.05, 3.63) is 107 Å². The van der Waals surface area contributed by atoms with Crippen molar-refractivity contribution in [1.82, 2.24) is 0 Å². The SMILES string of the molecule is CCCCOc1ccc(C(=O)c2ccc3c(c2)c2ccccc2[s+]3-c2cc(C)ccc2C)cc1. The second-order valence-corrected chi connectivity index (χ2v) is 10.8. The Hall–Kier alpha value is -3.43. The summed E-state index contributed by atoms with van der Waals surface area (Å²) in [6.45, 7) is 7.19. The molecule has 0 amide bonds. The van der Waals surface area contributed by atoms with Crippen molar-refractivity contribution >= 4 is 36.4 Å². The van der Waals surface area contributed by atoms with Gasteiger partial charge in [0.05, 0.1) is 6.61 Å². The third-order valence-corrected chi connectivity index (χ3v) is 8.78. The summed E-state index contributed by atoms with van der Waals surface area (Å²) in [6, 6.07) is 29.1. The highest BCUT2D eigenvalue weighted by Crippen LogP contribution is 2.49. The van der Waals surface area contributed by atoms with Crippen LogP contribution in [0.1, 0.15) is 46.8 Å². The first kappa shape index (κ1) is 22.4. The highest BCUT2D eigenvalue weighted by atomic mass is 32.2. The van der Waals surface area contributed by atoms with Crippen molar-refractivity contribution in [3.8, 4) is 10.6 Å². The lowest BCUT2D eigenvalue weighted by molar-refractivity contribution is 0.103. The highest BCUT2D eigenvalue weighted by Gasteiger charge is 2.26. The number of rotatable bonds is 7. The summed E-state index contributed by atoms with van der Waals surface area (Å²) in [4.78, 5) is 14.7. The molecule has 0 saturated carbocycles. The predicted octanol–water partition coefficient (Wildman–Crippen LogP) is 8.76. The zero-order valence-corrected chi connectivity index (χ0v) is 20.7. The summed E-state index contributed by atoms with van der Waals surface area (Å²) in [5.41, 5.74) is 3.98. The minimum atomic E-state index is -0.164. The van der Waals surface area contributed by atoms with E-state index >= 15 is 0 Å². The molecule has 0 spiro atoms. The topological polar surface area (TPSA) is 26.3 Å². The Morgan fingerprint density at radius 1 is 0.794 bits per heavy atom. The smallest absolute Gasteiger partial charge is 0.193 e. The van der Waals surface area contributed by atoms with Crippen molar-refractivity contribution in [2.45, 2.75) is 33.6 Å². The fourth-order valence-corrected chi connectivity index (χ4v) is 7.02. The van der Waals surface area contributed by atoms with Crippen LogP contribution in [0.4, 0.5) is 0 Å². The molecule has 34 heavy (non-hydrogen) atoms. The van der Waals surface area contributed by atoms with Gasteiger partial charge in [0.1, 0.15) is 5.75 Å². The van der Waals surface area contributed by atoms with Gasteiger partial charge in [-0.3, -0.25) is 4.79 Å². The summed E-state index contributed by atoms with van der Waals surface area (Å²) >= 11 is 0. The number of hydrogen-bond acceptors (Lipinski definition) is 2. The van der Waals surface area contributed by atoms with Crippen LogP contribution in [0.5, 0.6) is 5.75 Å². The van der Waals surface area contributed by atoms with E-state index in [-0.39, 0.29) is 16.3 Å². The fourth-order valence-electron chi connectivity index (χ4n) is 4.41. The molecule has 0 N–H and O–H groups in total. The van der Waals surface area contributed by atoms with Crippen molar-refractivity contribution in [3.63, 3.8) is 0 Å². The number of carbonyl (C=O) groups excluding carboxylic acids is 1. The lowest BCUT2D eigenvalue weighted by Crippen LogP contribution is -2.02. The van der Waals surface area contributed by atoms with Crippen LogP contribution in [0.3, 0.4) is 0 Å². The molecule has 0 aliphatic heterocycles. The molecule has 1 aromatic heterocycles. The summed E-state index contributed by atoms with van der Waals surface area (Å²) < 4.78 is 8.38. The van der Waals surface area contributed by atoms with Crippen LogP contribution in [0.15, 0.2) is 84.9 Å². The van der Waals surface area contributed by atoms with Gasteiger partial charge in [-0.15, -0.1) is 0 Å². The molecule has 0 saturated heterocycles. The Morgan fingerprint density at radius 2 is 1.53 bits per heavy atom. The van der Waals surface area contributed by atoms with E-state index in [1.165, 1.54) is 36.2 Å². The van der Waals surface area contributed by atoms with E-state index in [2.05, 4.69) is 75.4 Å². The lowest BCUT2D eigenvalue weighted by atomic mass is 10.0. The largest absolute Gasteiger partial charge is 0.494 e. The minimum Gasteiger partial charge on any atom is -0.494 e. The summed E-state index contributed by atoms with van der Waals surface area (Å²) in [5, 5.41) is 2.40. The third-order valence-electron chi connectivity index (χ3n) is 6.31. The molecule has 5 rings (SSSR count). The highest BCUT2D eigenvalue weighted by molar-refractivity contribution is 7.50. The van der Waals surface area contributed by atoms with Gasteiger partial charge in [0.2, 0.25) is 0 Å². The van der Waals surface area contributed by atoms with Crippen molar-refractivity contribution < 1.29 is 9.53 Å². The Kier molecular flexibility index (Phi) is 6.21. The second kappa shape index (κ2) is 9.44. The number of hydrogen-bond donors (Lipinski definition) is 0. The first-order chi connectivity index (χ1) is 16.6. The van der Waals surface area contributed by atoms with Gasteiger partial charge >= 0.3 is 0 Å². The van der Waals surface area contributed by atoms with Crippen molar-refractivity contribution in [2.24, 2.45) is 0 Å². The number of fused-ring (bicyclic) bond motifs is 3. The van der Waals surface area contributed by atoms with Crippen LogP contribution in [-0.2, 0) is 0 Å². The van der Waals surface area contributed by atoms with E-state index in [0.29, 0.717) is 12.2 Å². The molecule has 0 aliphatic rings. The summed E-state index contributed by atoms with van der Waals surface area (Å²) in [6.07, 6.45) is 2.13. The monoisotopic (exact) mass is 465 g/mol. The Bertz CT molecular complexity index is 1490. The van der Waals surface area contributed by atoms with E-state index < -0.39 is 0 Å². The van der Waals surface area contributed by atoms with E-state index in [1.807, 2.05) is 30.3 Å². The number of ketones is 1. The predicted molar refractivity (Wildman–Crippen MR) is 145 cm³/mol. The van der Waals surface area contributed by atoms with Gasteiger partial charge < -0.3 is 4.74 Å². The van der Waals surface area contributed by atoms with Crippen LogP contribution in [0, 0.1) is 13.8 Å². The molecule has 1 atom stereocenters. The molecular formula is C31H29O2S+. The van der Waals surface area contributed by atoms with Crippen LogP contribution in [0.2, 0.25) is 0 Å². The molecule has 0 aliphatic carbocycles. The van der Waals surface area contributed by atoms with Crippen molar-refractivity contribution in [2.75, 3.05) is 6.61 Å². The van der Waals surface area contributed by atoms with E-state index in [4.69, 9.17) is 4.74 Å². The molecule has 170 valence electrons. The molecule has 1 unspecified atom stereocenters. The van der Waals surface area contributed by atoms with Gasteiger partial charge in [-0.05, 0) is 80.4 Å². The molecule has 1 heterocycles. The maximum atomic E-state index is 13.3. The maximum absolute atomic E-state index is 13.3. The average molecular weight is 466 g/mol. The van der Waals surface area contributed by atoms with Crippen LogP contribution in [0.25, 0.3) is 25.1 Å². The Labute approximate surface area is 203 Å².